The van der Waals surface area contributed by atoms with Crippen LogP contribution in [0.4, 0.5) is 19.6 Å². The first kappa shape index (κ1) is 12.0. The molecule has 19 heavy (non-hydrogen) atoms. The topological polar surface area (TPSA) is 24.9 Å². The van der Waals surface area contributed by atoms with Crippen LogP contribution in [0.15, 0.2) is 36.4 Å². The third-order valence-electron chi connectivity index (χ3n) is 2.72. The van der Waals surface area contributed by atoms with Crippen LogP contribution in [0, 0.1) is 18.6 Å². The van der Waals surface area contributed by atoms with Gasteiger partial charge in [0.1, 0.15) is 11.6 Å². The molecule has 0 atom stereocenters. The second kappa shape index (κ2) is 4.59. The van der Waals surface area contributed by atoms with Gasteiger partial charge in [-0.05, 0) is 42.8 Å². The van der Waals surface area contributed by atoms with Crippen molar-refractivity contribution in [2.24, 2.45) is 0 Å². The molecule has 1 heterocycles. The minimum Gasteiger partial charge on any atom is -0.329 e. The second-order valence-electron chi connectivity index (χ2n) is 4.24. The highest BCUT2D eigenvalue weighted by molar-refractivity contribution is 7.22. The molecule has 5 heteroatoms. The first-order valence-corrected chi connectivity index (χ1v) is 6.53. The van der Waals surface area contributed by atoms with Gasteiger partial charge in [0.05, 0.1) is 15.9 Å². The molecular formula is C14H10F2N2S. The van der Waals surface area contributed by atoms with Gasteiger partial charge in [0.25, 0.3) is 0 Å². The van der Waals surface area contributed by atoms with E-state index in [2.05, 4.69) is 10.3 Å². The van der Waals surface area contributed by atoms with Gasteiger partial charge in [0.2, 0.25) is 0 Å². The van der Waals surface area contributed by atoms with Crippen molar-refractivity contribution in [2.75, 3.05) is 5.32 Å². The zero-order chi connectivity index (χ0) is 13.4. The Morgan fingerprint density at radius 3 is 2.74 bits per heavy atom. The predicted octanol–water partition coefficient (Wildman–Crippen LogP) is 4.63. The normalized spacial score (nSPS) is 10.9. The molecule has 0 bridgehead atoms. The van der Waals surface area contributed by atoms with E-state index in [4.69, 9.17) is 0 Å². The molecule has 0 aliphatic carbocycles. The van der Waals surface area contributed by atoms with Crippen LogP contribution >= 0.6 is 11.3 Å². The highest BCUT2D eigenvalue weighted by Crippen LogP contribution is 2.29. The van der Waals surface area contributed by atoms with E-state index < -0.39 is 0 Å². The lowest BCUT2D eigenvalue weighted by molar-refractivity contribution is 0.630. The number of aryl methyl sites for hydroxylation is 1. The van der Waals surface area contributed by atoms with E-state index in [0.717, 1.165) is 10.3 Å². The quantitative estimate of drug-likeness (QED) is 0.738. The van der Waals surface area contributed by atoms with Crippen molar-refractivity contribution in [3.8, 4) is 0 Å². The Morgan fingerprint density at radius 2 is 1.95 bits per heavy atom. The third-order valence-corrected chi connectivity index (χ3v) is 3.65. The van der Waals surface area contributed by atoms with Crippen LogP contribution in [0.25, 0.3) is 10.2 Å². The van der Waals surface area contributed by atoms with Gasteiger partial charge < -0.3 is 5.32 Å². The number of rotatable bonds is 2. The van der Waals surface area contributed by atoms with Crippen molar-refractivity contribution in [1.29, 1.82) is 0 Å². The Bertz CT molecular complexity index is 752. The monoisotopic (exact) mass is 276 g/mol. The van der Waals surface area contributed by atoms with Crippen LogP contribution in [0.1, 0.15) is 5.56 Å². The van der Waals surface area contributed by atoms with Crippen LogP contribution in [0.2, 0.25) is 0 Å². The lowest BCUT2D eigenvalue weighted by Crippen LogP contribution is -1.93. The first-order valence-electron chi connectivity index (χ1n) is 5.71. The molecule has 0 fully saturated rings. The van der Waals surface area contributed by atoms with Gasteiger partial charge in [-0.15, -0.1) is 0 Å². The Hall–Kier alpha value is -2.01. The van der Waals surface area contributed by atoms with Crippen molar-refractivity contribution in [3.63, 3.8) is 0 Å². The minimum atomic E-state index is -0.328. The zero-order valence-electron chi connectivity index (χ0n) is 10.1. The molecule has 0 aliphatic rings. The van der Waals surface area contributed by atoms with Gasteiger partial charge in [-0.2, -0.15) is 0 Å². The van der Waals surface area contributed by atoms with Crippen molar-refractivity contribution in [1.82, 2.24) is 4.98 Å². The van der Waals surface area contributed by atoms with Crippen LogP contribution in [-0.2, 0) is 0 Å². The number of nitrogens with zero attached hydrogens (tertiary/aromatic N) is 1. The summed E-state index contributed by atoms with van der Waals surface area (Å²) in [6, 6.07) is 9.32. The average molecular weight is 276 g/mol. The van der Waals surface area contributed by atoms with E-state index in [9.17, 15) is 8.78 Å². The number of hydrogen-bond donors (Lipinski definition) is 1. The maximum Gasteiger partial charge on any atom is 0.188 e. The van der Waals surface area contributed by atoms with Gasteiger partial charge in [-0.1, -0.05) is 17.4 Å². The molecule has 0 saturated heterocycles. The number of anilines is 2. The maximum absolute atomic E-state index is 13.7. The summed E-state index contributed by atoms with van der Waals surface area (Å²) in [6.07, 6.45) is 0. The average Bonchev–Trinajstić information content (AvgIpc) is 2.74. The van der Waals surface area contributed by atoms with Crippen LogP contribution in [-0.4, -0.2) is 4.98 Å². The molecule has 3 aromatic rings. The molecular weight excluding hydrogens is 266 g/mol. The molecule has 0 saturated carbocycles. The molecule has 1 N–H and O–H groups in total. The Labute approximate surface area is 112 Å². The van der Waals surface area contributed by atoms with Crippen molar-refractivity contribution < 1.29 is 8.78 Å². The van der Waals surface area contributed by atoms with Crippen LogP contribution in [0.5, 0.6) is 0 Å². The summed E-state index contributed by atoms with van der Waals surface area (Å²) in [7, 11) is 0. The van der Waals surface area contributed by atoms with E-state index in [0.29, 0.717) is 16.3 Å². The number of thiazole rings is 1. The van der Waals surface area contributed by atoms with Crippen molar-refractivity contribution in [2.45, 2.75) is 6.92 Å². The molecule has 3 rings (SSSR count). The zero-order valence-corrected chi connectivity index (χ0v) is 10.9. The fourth-order valence-corrected chi connectivity index (χ4v) is 2.69. The van der Waals surface area contributed by atoms with Crippen LogP contribution < -0.4 is 5.32 Å². The number of halogens is 2. The highest BCUT2D eigenvalue weighted by Gasteiger charge is 2.07. The first-order chi connectivity index (χ1) is 9.11. The molecule has 1 aromatic heterocycles. The SMILES string of the molecule is Cc1ccc(Nc2nc3ccc(F)cc3s2)c(F)c1. The van der Waals surface area contributed by atoms with E-state index in [-0.39, 0.29) is 11.6 Å². The minimum absolute atomic E-state index is 0.302. The van der Waals surface area contributed by atoms with Gasteiger partial charge in [-0.25, -0.2) is 13.8 Å². The lowest BCUT2D eigenvalue weighted by atomic mass is 10.2. The highest BCUT2D eigenvalue weighted by atomic mass is 32.1. The third kappa shape index (κ3) is 2.42. The second-order valence-corrected chi connectivity index (χ2v) is 5.27. The number of fused-ring (bicyclic) bond motifs is 1. The van der Waals surface area contributed by atoms with Gasteiger partial charge in [0.15, 0.2) is 5.13 Å². The lowest BCUT2D eigenvalue weighted by Gasteiger charge is -2.04. The fraction of sp³-hybridized carbons (Fsp3) is 0.0714. The van der Waals surface area contributed by atoms with Crippen molar-refractivity contribution in [3.05, 3.63) is 53.6 Å². The molecule has 0 spiro atoms. The van der Waals surface area contributed by atoms with Gasteiger partial charge in [-0.3, -0.25) is 0 Å². The molecule has 0 unspecified atom stereocenters. The fourth-order valence-electron chi connectivity index (χ4n) is 1.79. The largest absolute Gasteiger partial charge is 0.329 e. The number of hydrogen-bond acceptors (Lipinski definition) is 3. The maximum atomic E-state index is 13.7. The Balaban J connectivity index is 1.96. The summed E-state index contributed by atoms with van der Waals surface area (Å²) in [6.45, 7) is 1.83. The van der Waals surface area contributed by atoms with Crippen LogP contribution in [0.3, 0.4) is 0 Å². The molecule has 96 valence electrons. The Morgan fingerprint density at radius 1 is 1.11 bits per heavy atom. The smallest absolute Gasteiger partial charge is 0.188 e. The van der Waals surface area contributed by atoms with E-state index in [1.54, 1.807) is 12.1 Å². The summed E-state index contributed by atoms with van der Waals surface area (Å²) in [5, 5.41) is 3.46. The summed E-state index contributed by atoms with van der Waals surface area (Å²) < 4.78 is 27.5. The summed E-state index contributed by atoms with van der Waals surface area (Å²) in [4.78, 5) is 4.29. The van der Waals surface area contributed by atoms with E-state index in [1.807, 2.05) is 13.0 Å². The van der Waals surface area contributed by atoms with Gasteiger partial charge in [0, 0.05) is 0 Å². The van der Waals surface area contributed by atoms with Crippen molar-refractivity contribution >= 4 is 32.4 Å². The number of aromatic nitrogens is 1. The predicted molar refractivity (Wildman–Crippen MR) is 74.0 cm³/mol. The molecule has 2 nitrogen and oxygen atoms in total. The number of benzene rings is 2. The standard InChI is InChI=1S/C14H10F2N2S/c1-8-2-4-11(10(16)6-8)17-14-18-12-5-3-9(15)7-13(12)19-14/h2-7H,1H3,(H,17,18). The molecule has 0 aliphatic heterocycles. The van der Waals surface area contributed by atoms with E-state index >= 15 is 0 Å². The summed E-state index contributed by atoms with van der Waals surface area (Å²) in [5.41, 5.74) is 1.92. The summed E-state index contributed by atoms with van der Waals surface area (Å²) in [5.74, 6) is -0.630. The summed E-state index contributed by atoms with van der Waals surface area (Å²) >= 11 is 1.29. The Kier molecular flexibility index (Phi) is 2.91. The molecule has 0 amide bonds. The van der Waals surface area contributed by atoms with Gasteiger partial charge >= 0.3 is 0 Å². The number of nitrogens with one attached hydrogen (secondary N) is 1. The van der Waals surface area contributed by atoms with E-state index in [1.165, 1.54) is 29.5 Å². The molecule has 0 radical (unpaired) electrons. The molecule has 2 aromatic carbocycles.